The maximum atomic E-state index is 12.8. The molecule has 0 unspecified atom stereocenters. The zero-order valence-electron chi connectivity index (χ0n) is 13.8. The van der Waals surface area contributed by atoms with Crippen LogP contribution in [0.25, 0.3) is 0 Å². The average Bonchev–Trinajstić information content (AvgIpc) is 2.94. The Hall–Kier alpha value is -1.32. The Morgan fingerprint density at radius 2 is 1.81 bits per heavy atom. The molecule has 3 rings (SSSR count). The number of benzene rings is 1. The number of thiophene rings is 1. The molecule has 0 spiro atoms. The second-order valence-electron chi connectivity index (χ2n) is 5.91. The number of halogens is 2. The molecule has 0 atom stereocenters. The molecule has 6 nitrogen and oxygen atoms in total. The molecule has 0 bridgehead atoms. The van der Waals surface area contributed by atoms with Gasteiger partial charge in [0, 0.05) is 26.2 Å². The largest absolute Gasteiger partial charge is 0.507 e. The van der Waals surface area contributed by atoms with Crippen LogP contribution in [0.2, 0.25) is 8.67 Å². The van der Waals surface area contributed by atoms with Crippen LogP contribution in [-0.2, 0) is 10.0 Å². The Bertz CT molecular complexity index is 951. The molecule has 1 aromatic carbocycles. The highest BCUT2D eigenvalue weighted by Crippen LogP contribution is 2.32. The molecule has 2 heterocycles. The zero-order chi connectivity index (χ0) is 19.1. The van der Waals surface area contributed by atoms with Crippen LogP contribution < -0.4 is 0 Å². The summed E-state index contributed by atoms with van der Waals surface area (Å²) in [5, 5.41) is 9.93. The highest BCUT2D eigenvalue weighted by atomic mass is 35.5. The van der Waals surface area contributed by atoms with Crippen LogP contribution in [0.1, 0.15) is 15.9 Å². The lowest BCUT2D eigenvalue weighted by Crippen LogP contribution is -2.50. The van der Waals surface area contributed by atoms with Crippen molar-refractivity contribution in [3.8, 4) is 5.75 Å². The van der Waals surface area contributed by atoms with E-state index >= 15 is 0 Å². The van der Waals surface area contributed by atoms with Crippen molar-refractivity contribution in [1.82, 2.24) is 9.21 Å². The first-order valence-electron chi connectivity index (χ1n) is 7.74. The van der Waals surface area contributed by atoms with Crippen LogP contribution in [0.5, 0.6) is 5.75 Å². The van der Waals surface area contributed by atoms with E-state index in [2.05, 4.69) is 0 Å². The summed E-state index contributed by atoms with van der Waals surface area (Å²) in [4.78, 5) is 14.0. The van der Waals surface area contributed by atoms with E-state index in [1.807, 2.05) is 0 Å². The number of amides is 1. The number of aromatic hydroxyl groups is 1. The standard InChI is InChI=1S/C16H16Cl2N2O4S2/c1-10-2-3-12(21)13(8-10)26(23,24)20-6-4-19(5-7-20)16(22)11-9-14(17)25-15(11)18/h2-3,8-9,21H,4-7H2,1H3. The first kappa shape index (κ1) is 19.4. The van der Waals surface area contributed by atoms with Crippen LogP contribution in [-0.4, -0.2) is 54.8 Å². The van der Waals surface area contributed by atoms with E-state index in [1.54, 1.807) is 17.9 Å². The van der Waals surface area contributed by atoms with E-state index in [9.17, 15) is 18.3 Å². The molecular weight excluding hydrogens is 419 g/mol. The first-order valence-corrected chi connectivity index (χ1v) is 10.8. The summed E-state index contributed by atoms with van der Waals surface area (Å²) in [7, 11) is -3.83. The Morgan fingerprint density at radius 1 is 1.15 bits per heavy atom. The third kappa shape index (κ3) is 3.70. The lowest BCUT2D eigenvalue weighted by molar-refractivity contribution is 0.0698. The Labute approximate surface area is 165 Å². The molecule has 1 aliphatic heterocycles. The number of phenolic OH excluding ortho intramolecular Hbond substituents is 1. The molecular formula is C16H16Cl2N2O4S2. The van der Waals surface area contributed by atoms with Crippen molar-refractivity contribution in [1.29, 1.82) is 0 Å². The van der Waals surface area contributed by atoms with Crippen molar-refractivity contribution < 1.29 is 18.3 Å². The quantitative estimate of drug-likeness (QED) is 0.803. The van der Waals surface area contributed by atoms with Gasteiger partial charge in [0.1, 0.15) is 15.0 Å². The predicted molar refractivity (Wildman–Crippen MR) is 102 cm³/mol. The molecule has 1 N–H and O–H groups in total. The smallest absolute Gasteiger partial charge is 0.256 e. The molecule has 0 radical (unpaired) electrons. The molecule has 1 saturated heterocycles. The Kier molecular flexibility index (Phi) is 5.50. The Morgan fingerprint density at radius 3 is 2.38 bits per heavy atom. The fraction of sp³-hybridized carbons (Fsp3) is 0.312. The van der Waals surface area contributed by atoms with Gasteiger partial charge >= 0.3 is 0 Å². The van der Waals surface area contributed by atoms with Crippen molar-refractivity contribution in [2.45, 2.75) is 11.8 Å². The SMILES string of the molecule is Cc1ccc(O)c(S(=O)(=O)N2CCN(C(=O)c3cc(Cl)sc3Cl)CC2)c1. The van der Waals surface area contributed by atoms with Gasteiger partial charge in [-0.1, -0.05) is 29.3 Å². The number of nitrogens with zero attached hydrogens (tertiary/aromatic N) is 2. The van der Waals surface area contributed by atoms with Gasteiger partial charge < -0.3 is 10.0 Å². The van der Waals surface area contributed by atoms with Crippen LogP contribution >= 0.6 is 34.5 Å². The molecule has 1 aromatic heterocycles. The summed E-state index contributed by atoms with van der Waals surface area (Å²) in [6.07, 6.45) is 0. The lowest BCUT2D eigenvalue weighted by Gasteiger charge is -2.34. The van der Waals surface area contributed by atoms with Crippen LogP contribution in [0, 0.1) is 6.92 Å². The van der Waals surface area contributed by atoms with Crippen LogP contribution in [0.4, 0.5) is 0 Å². The number of piperazine rings is 1. The first-order chi connectivity index (χ1) is 12.2. The lowest BCUT2D eigenvalue weighted by atomic mass is 10.2. The fourth-order valence-corrected chi connectivity index (χ4v) is 5.79. The summed E-state index contributed by atoms with van der Waals surface area (Å²) in [6, 6.07) is 5.96. The highest BCUT2D eigenvalue weighted by molar-refractivity contribution is 7.89. The second kappa shape index (κ2) is 7.36. The third-order valence-electron chi connectivity index (χ3n) is 4.15. The molecule has 10 heteroatoms. The fourth-order valence-electron chi connectivity index (χ4n) is 2.76. The summed E-state index contributed by atoms with van der Waals surface area (Å²) in [6.45, 7) is 2.49. The van der Waals surface area contributed by atoms with Gasteiger partial charge in [0.05, 0.1) is 9.90 Å². The molecule has 140 valence electrons. The number of aryl methyl sites for hydroxylation is 1. The van der Waals surface area contributed by atoms with Crippen molar-refractivity contribution in [2.75, 3.05) is 26.2 Å². The maximum Gasteiger partial charge on any atom is 0.256 e. The predicted octanol–water partition coefficient (Wildman–Crippen LogP) is 3.22. The van der Waals surface area contributed by atoms with Crippen LogP contribution in [0.15, 0.2) is 29.2 Å². The average molecular weight is 435 g/mol. The molecule has 1 aliphatic rings. The number of hydrogen-bond acceptors (Lipinski definition) is 5. The molecule has 26 heavy (non-hydrogen) atoms. The molecule has 0 saturated carbocycles. The number of hydrogen-bond donors (Lipinski definition) is 1. The van der Waals surface area contributed by atoms with Crippen molar-refractivity contribution >= 4 is 50.5 Å². The minimum Gasteiger partial charge on any atom is -0.507 e. The van der Waals surface area contributed by atoms with Crippen molar-refractivity contribution in [2.24, 2.45) is 0 Å². The van der Waals surface area contributed by atoms with E-state index in [1.165, 1.54) is 22.5 Å². The zero-order valence-corrected chi connectivity index (χ0v) is 16.9. The Balaban J connectivity index is 1.75. The number of rotatable bonds is 3. The minimum atomic E-state index is -3.83. The van der Waals surface area contributed by atoms with Crippen molar-refractivity contribution in [3.63, 3.8) is 0 Å². The summed E-state index contributed by atoms with van der Waals surface area (Å²) >= 11 is 13.0. The number of sulfonamides is 1. The normalized spacial score (nSPS) is 16.0. The maximum absolute atomic E-state index is 12.8. The summed E-state index contributed by atoms with van der Waals surface area (Å²) < 4.78 is 27.6. The third-order valence-corrected chi connectivity index (χ3v) is 7.56. The number of carbonyl (C=O) groups excluding carboxylic acids is 1. The van der Waals surface area contributed by atoms with E-state index in [0.29, 0.717) is 14.2 Å². The van der Waals surface area contributed by atoms with Gasteiger partial charge in [-0.25, -0.2) is 8.42 Å². The number of phenols is 1. The van der Waals surface area contributed by atoms with Gasteiger partial charge in [-0.2, -0.15) is 4.31 Å². The van der Waals surface area contributed by atoms with Crippen molar-refractivity contribution in [3.05, 3.63) is 44.1 Å². The van der Waals surface area contributed by atoms with E-state index in [0.717, 1.165) is 16.9 Å². The van der Waals surface area contributed by atoms with Gasteiger partial charge in [0.2, 0.25) is 10.0 Å². The summed E-state index contributed by atoms with van der Waals surface area (Å²) in [5.74, 6) is -0.553. The van der Waals surface area contributed by atoms with Crippen LogP contribution in [0.3, 0.4) is 0 Å². The van der Waals surface area contributed by atoms with Gasteiger partial charge in [0.25, 0.3) is 5.91 Å². The van der Waals surface area contributed by atoms with Gasteiger partial charge in [-0.05, 0) is 30.7 Å². The second-order valence-corrected chi connectivity index (χ2v) is 10.1. The highest BCUT2D eigenvalue weighted by Gasteiger charge is 2.32. The molecule has 1 amide bonds. The monoisotopic (exact) mass is 434 g/mol. The molecule has 0 aliphatic carbocycles. The number of carbonyl (C=O) groups is 1. The molecule has 1 fully saturated rings. The van der Waals surface area contributed by atoms with E-state index in [4.69, 9.17) is 23.2 Å². The summed E-state index contributed by atoms with van der Waals surface area (Å²) in [5.41, 5.74) is 1.06. The topological polar surface area (TPSA) is 77.9 Å². The van der Waals surface area contributed by atoms with E-state index in [-0.39, 0.29) is 42.7 Å². The van der Waals surface area contributed by atoms with Gasteiger partial charge in [0.15, 0.2) is 0 Å². The van der Waals surface area contributed by atoms with E-state index < -0.39 is 10.0 Å². The van der Waals surface area contributed by atoms with Gasteiger partial charge in [-0.3, -0.25) is 4.79 Å². The minimum absolute atomic E-state index is 0.120. The molecule has 2 aromatic rings. The van der Waals surface area contributed by atoms with Gasteiger partial charge in [-0.15, -0.1) is 11.3 Å².